The molecule has 1 heterocycles. The van der Waals surface area contributed by atoms with Gasteiger partial charge >= 0.3 is 6.18 Å². The Labute approximate surface area is 131 Å². The summed E-state index contributed by atoms with van der Waals surface area (Å²) in [5.74, 6) is -0.280. The Hall–Kier alpha value is -2.64. The van der Waals surface area contributed by atoms with E-state index in [0.717, 1.165) is 6.07 Å². The van der Waals surface area contributed by atoms with Crippen molar-refractivity contribution in [3.8, 4) is 0 Å². The standard InChI is InChI=1S/C15H15F3N4O/c1-9(2)21-13-8-19-12(7-20-13)14(23)22-11-6-4-3-5-10(11)15(16,17)18/h3-9H,1-2H3,(H,20,21)(H,22,23). The summed E-state index contributed by atoms with van der Waals surface area (Å²) in [6.45, 7) is 3.83. The van der Waals surface area contributed by atoms with Crippen LogP contribution < -0.4 is 10.6 Å². The number of rotatable bonds is 4. The molecule has 23 heavy (non-hydrogen) atoms. The van der Waals surface area contributed by atoms with Crippen LogP contribution >= 0.6 is 0 Å². The van der Waals surface area contributed by atoms with Crippen LogP contribution in [-0.4, -0.2) is 21.9 Å². The van der Waals surface area contributed by atoms with Crippen LogP contribution in [0.5, 0.6) is 0 Å². The first-order valence-corrected chi connectivity index (χ1v) is 6.83. The van der Waals surface area contributed by atoms with E-state index in [4.69, 9.17) is 0 Å². The summed E-state index contributed by atoms with van der Waals surface area (Å²) in [6.07, 6.45) is -2.00. The van der Waals surface area contributed by atoms with Gasteiger partial charge in [0.1, 0.15) is 11.5 Å². The summed E-state index contributed by atoms with van der Waals surface area (Å²) in [4.78, 5) is 19.9. The van der Waals surface area contributed by atoms with E-state index < -0.39 is 17.6 Å². The number of hydrogen-bond donors (Lipinski definition) is 2. The molecule has 0 unspecified atom stereocenters. The van der Waals surface area contributed by atoms with E-state index in [1.165, 1.54) is 30.6 Å². The van der Waals surface area contributed by atoms with E-state index in [0.29, 0.717) is 5.82 Å². The Balaban J connectivity index is 2.17. The highest BCUT2D eigenvalue weighted by Crippen LogP contribution is 2.34. The van der Waals surface area contributed by atoms with Gasteiger partial charge in [0.25, 0.3) is 5.91 Å². The second kappa shape index (κ2) is 6.64. The largest absolute Gasteiger partial charge is 0.418 e. The van der Waals surface area contributed by atoms with Crippen molar-refractivity contribution in [2.24, 2.45) is 0 Å². The highest BCUT2D eigenvalue weighted by Gasteiger charge is 2.33. The summed E-state index contributed by atoms with van der Waals surface area (Å²) in [6, 6.07) is 4.89. The number of nitrogens with one attached hydrogen (secondary N) is 2. The number of alkyl halides is 3. The molecule has 1 aromatic heterocycles. The maximum atomic E-state index is 12.9. The Bertz CT molecular complexity index is 684. The molecule has 2 rings (SSSR count). The first kappa shape index (κ1) is 16.7. The minimum absolute atomic E-state index is 0.0729. The molecule has 0 radical (unpaired) electrons. The fourth-order valence-corrected chi connectivity index (χ4v) is 1.84. The second-order valence-corrected chi connectivity index (χ2v) is 5.08. The van der Waals surface area contributed by atoms with Crippen molar-refractivity contribution in [3.63, 3.8) is 0 Å². The summed E-state index contributed by atoms with van der Waals surface area (Å²) < 4.78 is 38.7. The molecule has 0 aliphatic carbocycles. The molecule has 0 atom stereocenters. The molecule has 0 aliphatic rings. The topological polar surface area (TPSA) is 66.9 Å². The lowest BCUT2D eigenvalue weighted by molar-refractivity contribution is -0.136. The average Bonchev–Trinajstić information content (AvgIpc) is 2.46. The lowest BCUT2D eigenvalue weighted by atomic mass is 10.1. The van der Waals surface area contributed by atoms with E-state index in [1.54, 1.807) is 0 Å². The Morgan fingerprint density at radius 3 is 2.39 bits per heavy atom. The molecule has 2 N–H and O–H groups in total. The molecule has 0 saturated carbocycles. The Morgan fingerprint density at radius 2 is 1.83 bits per heavy atom. The molecule has 1 aromatic carbocycles. The van der Waals surface area contributed by atoms with Gasteiger partial charge in [-0.1, -0.05) is 12.1 Å². The lowest BCUT2D eigenvalue weighted by Crippen LogP contribution is -2.18. The van der Waals surface area contributed by atoms with Gasteiger partial charge in [0.05, 0.1) is 23.6 Å². The smallest absolute Gasteiger partial charge is 0.367 e. The maximum Gasteiger partial charge on any atom is 0.418 e. The summed E-state index contributed by atoms with van der Waals surface area (Å²) in [5, 5.41) is 5.21. The third-order valence-electron chi connectivity index (χ3n) is 2.80. The normalized spacial score (nSPS) is 11.4. The minimum atomic E-state index is -4.55. The summed E-state index contributed by atoms with van der Waals surface area (Å²) >= 11 is 0. The molecule has 1 amide bonds. The molecule has 0 bridgehead atoms. The van der Waals surface area contributed by atoms with Crippen molar-refractivity contribution in [3.05, 3.63) is 47.9 Å². The Kier molecular flexibility index (Phi) is 4.83. The van der Waals surface area contributed by atoms with E-state index in [-0.39, 0.29) is 17.4 Å². The van der Waals surface area contributed by atoms with E-state index in [9.17, 15) is 18.0 Å². The molecule has 0 spiro atoms. The van der Waals surface area contributed by atoms with Gasteiger partial charge in [0, 0.05) is 6.04 Å². The number of carbonyl (C=O) groups is 1. The van der Waals surface area contributed by atoms with Gasteiger partial charge < -0.3 is 10.6 Å². The van der Waals surface area contributed by atoms with Crippen LogP contribution in [0, 0.1) is 0 Å². The number of halogens is 3. The maximum absolute atomic E-state index is 12.9. The zero-order valence-electron chi connectivity index (χ0n) is 12.5. The quantitative estimate of drug-likeness (QED) is 0.902. The monoisotopic (exact) mass is 324 g/mol. The molecule has 8 heteroatoms. The van der Waals surface area contributed by atoms with Crippen molar-refractivity contribution in [1.82, 2.24) is 9.97 Å². The molecular weight excluding hydrogens is 309 g/mol. The highest BCUT2D eigenvalue weighted by atomic mass is 19.4. The Morgan fingerprint density at radius 1 is 1.13 bits per heavy atom. The van der Waals surface area contributed by atoms with Crippen molar-refractivity contribution >= 4 is 17.4 Å². The van der Waals surface area contributed by atoms with E-state index in [2.05, 4.69) is 20.6 Å². The zero-order chi connectivity index (χ0) is 17.0. The van der Waals surface area contributed by atoms with Crippen LogP contribution in [0.2, 0.25) is 0 Å². The first-order chi connectivity index (χ1) is 10.8. The van der Waals surface area contributed by atoms with Gasteiger partial charge in [-0.05, 0) is 26.0 Å². The molecule has 5 nitrogen and oxygen atoms in total. The van der Waals surface area contributed by atoms with Crippen molar-refractivity contribution in [2.75, 3.05) is 10.6 Å². The average molecular weight is 324 g/mol. The van der Waals surface area contributed by atoms with Gasteiger partial charge in [-0.15, -0.1) is 0 Å². The third-order valence-corrected chi connectivity index (χ3v) is 2.80. The van der Waals surface area contributed by atoms with Gasteiger partial charge in [0.15, 0.2) is 0 Å². The SMILES string of the molecule is CC(C)Nc1cnc(C(=O)Nc2ccccc2C(F)(F)F)cn1. The first-order valence-electron chi connectivity index (χ1n) is 6.83. The third kappa shape index (κ3) is 4.41. The van der Waals surface area contributed by atoms with Crippen molar-refractivity contribution < 1.29 is 18.0 Å². The molecule has 122 valence electrons. The predicted molar refractivity (Wildman–Crippen MR) is 80.2 cm³/mol. The van der Waals surface area contributed by atoms with Gasteiger partial charge in [0.2, 0.25) is 0 Å². The van der Waals surface area contributed by atoms with Crippen LogP contribution in [0.1, 0.15) is 29.9 Å². The van der Waals surface area contributed by atoms with Crippen LogP contribution in [0.4, 0.5) is 24.7 Å². The minimum Gasteiger partial charge on any atom is -0.367 e. The van der Waals surface area contributed by atoms with E-state index in [1.807, 2.05) is 13.8 Å². The molecule has 0 aliphatic heterocycles. The fraction of sp³-hybridized carbons (Fsp3) is 0.267. The van der Waals surface area contributed by atoms with Gasteiger partial charge in [-0.2, -0.15) is 13.2 Å². The predicted octanol–water partition coefficient (Wildman–Crippen LogP) is 3.57. The van der Waals surface area contributed by atoms with Crippen LogP contribution in [0.3, 0.4) is 0 Å². The highest BCUT2D eigenvalue weighted by molar-refractivity contribution is 6.03. The number of benzene rings is 1. The molecule has 0 saturated heterocycles. The molecule has 2 aromatic rings. The second-order valence-electron chi connectivity index (χ2n) is 5.08. The number of anilines is 2. The fourth-order valence-electron chi connectivity index (χ4n) is 1.84. The van der Waals surface area contributed by atoms with Crippen molar-refractivity contribution in [1.29, 1.82) is 0 Å². The molecular formula is C15H15F3N4O. The van der Waals surface area contributed by atoms with E-state index >= 15 is 0 Å². The number of carbonyl (C=O) groups excluding carboxylic acids is 1. The van der Waals surface area contributed by atoms with Crippen LogP contribution in [-0.2, 0) is 6.18 Å². The number of para-hydroxylation sites is 1. The molecule has 0 fully saturated rings. The van der Waals surface area contributed by atoms with Gasteiger partial charge in [-0.3, -0.25) is 4.79 Å². The van der Waals surface area contributed by atoms with Crippen LogP contribution in [0.15, 0.2) is 36.7 Å². The van der Waals surface area contributed by atoms with Crippen LogP contribution in [0.25, 0.3) is 0 Å². The zero-order valence-corrected chi connectivity index (χ0v) is 12.5. The van der Waals surface area contributed by atoms with Crippen molar-refractivity contribution in [2.45, 2.75) is 26.1 Å². The van der Waals surface area contributed by atoms with Gasteiger partial charge in [-0.25, -0.2) is 9.97 Å². The summed E-state index contributed by atoms with van der Waals surface area (Å²) in [7, 11) is 0. The number of amides is 1. The summed E-state index contributed by atoms with van der Waals surface area (Å²) in [5.41, 5.74) is -1.31. The lowest BCUT2D eigenvalue weighted by Gasteiger charge is -2.13. The number of hydrogen-bond acceptors (Lipinski definition) is 4. The number of aromatic nitrogens is 2. The number of nitrogens with zero attached hydrogens (tertiary/aromatic N) is 2.